The molecule has 1 aliphatic rings. The molecule has 1 aromatic heterocycles. The van der Waals surface area contributed by atoms with Gasteiger partial charge in [0.1, 0.15) is 5.76 Å². The maximum atomic E-state index is 10.7. The molecular formula is C20H17BrO2. The van der Waals surface area contributed by atoms with Crippen molar-refractivity contribution in [3.63, 3.8) is 0 Å². The van der Waals surface area contributed by atoms with E-state index in [1.807, 2.05) is 36.6 Å². The number of halogens is 1. The van der Waals surface area contributed by atoms with E-state index in [0.717, 1.165) is 39.8 Å². The van der Waals surface area contributed by atoms with Crippen LogP contribution in [0.3, 0.4) is 0 Å². The van der Waals surface area contributed by atoms with Crippen molar-refractivity contribution in [2.75, 3.05) is 0 Å². The largest absolute Gasteiger partial charge is 0.464 e. The number of hydrogen-bond donors (Lipinski definition) is 1. The molecule has 0 saturated carbocycles. The molecule has 116 valence electrons. The first kappa shape index (κ1) is 14.7. The predicted octanol–water partition coefficient (Wildman–Crippen LogP) is 5.15. The minimum atomic E-state index is -0.385. The van der Waals surface area contributed by atoms with Crippen LogP contribution in [0.4, 0.5) is 0 Å². The summed E-state index contributed by atoms with van der Waals surface area (Å²) < 4.78 is 6.95. The van der Waals surface area contributed by atoms with Crippen molar-refractivity contribution < 1.29 is 9.52 Å². The number of benzene rings is 2. The molecule has 3 aromatic rings. The van der Waals surface area contributed by atoms with E-state index in [9.17, 15) is 5.11 Å². The zero-order valence-electron chi connectivity index (χ0n) is 12.6. The van der Waals surface area contributed by atoms with Crippen LogP contribution in [0.25, 0.3) is 11.3 Å². The van der Waals surface area contributed by atoms with Gasteiger partial charge in [-0.1, -0.05) is 58.4 Å². The number of aliphatic hydroxyl groups excluding tert-OH is 1. The number of aliphatic hydroxyl groups is 1. The molecule has 0 radical (unpaired) electrons. The Morgan fingerprint density at radius 2 is 1.74 bits per heavy atom. The Labute approximate surface area is 143 Å². The monoisotopic (exact) mass is 368 g/mol. The van der Waals surface area contributed by atoms with E-state index in [1.54, 1.807) is 0 Å². The van der Waals surface area contributed by atoms with E-state index < -0.39 is 0 Å². The summed E-state index contributed by atoms with van der Waals surface area (Å²) in [5.74, 6) is 0.841. The molecule has 1 heterocycles. The van der Waals surface area contributed by atoms with Gasteiger partial charge in [0.15, 0.2) is 0 Å². The number of rotatable bonds is 2. The van der Waals surface area contributed by atoms with Crippen LogP contribution >= 0.6 is 15.9 Å². The Hall–Kier alpha value is -1.84. The summed E-state index contributed by atoms with van der Waals surface area (Å²) in [5, 5.41) is 10.7. The fourth-order valence-corrected chi connectivity index (χ4v) is 3.74. The minimum Gasteiger partial charge on any atom is -0.464 e. The van der Waals surface area contributed by atoms with Crippen molar-refractivity contribution in [2.24, 2.45) is 0 Å². The van der Waals surface area contributed by atoms with Gasteiger partial charge in [0.25, 0.3) is 0 Å². The fraction of sp³-hybridized carbons (Fsp3) is 0.200. The highest BCUT2D eigenvalue weighted by Crippen LogP contribution is 2.43. The van der Waals surface area contributed by atoms with E-state index in [0.29, 0.717) is 0 Å². The van der Waals surface area contributed by atoms with Crippen LogP contribution in [0.15, 0.2) is 69.8 Å². The Morgan fingerprint density at radius 3 is 2.48 bits per heavy atom. The quantitative estimate of drug-likeness (QED) is 0.678. The second kappa shape index (κ2) is 5.99. The van der Waals surface area contributed by atoms with Gasteiger partial charge in [0, 0.05) is 21.5 Å². The molecule has 0 spiro atoms. The van der Waals surface area contributed by atoms with Crippen LogP contribution < -0.4 is 0 Å². The van der Waals surface area contributed by atoms with Gasteiger partial charge in [-0.2, -0.15) is 0 Å². The molecule has 4 rings (SSSR count). The predicted molar refractivity (Wildman–Crippen MR) is 94.5 cm³/mol. The van der Waals surface area contributed by atoms with Gasteiger partial charge in [0.2, 0.25) is 0 Å². The minimum absolute atomic E-state index is 0.0409. The summed E-state index contributed by atoms with van der Waals surface area (Å²) in [5.41, 5.74) is 4.53. The third-order valence-corrected chi connectivity index (χ3v) is 5.11. The lowest BCUT2D eigenvalue weighted by Crippen LogP contribution is -2.25. The molecule has 0 amide bonds. The lowest BCUT2D eigenvalue weighted by atomic mass is 9.77. The molecule has 1 aliphatic carbocycles. The third kappa shape index (κ3) is 2.64. The van der Waals surface area contributed by atoms with Gasteiger partial charge >= 0.3 is 0 Å². The maximum Gasteiger partial charge on any atom is 0.138 e. The van der Waals surface area contributed by atoms with Gasteiger partial charge < -0.3 is 9.52 Å². The van der Waals surface area contributed by atoms with Crippen molar-refractivity contribution in [1.29, 1.82) is 0 Å². The van der Waals surface area contributed by atoms with Crippen LogP contribution in [0.1, 0.15) is 29.0 Å². The molecule has 0 saturated heterocycles. The average molecular weight is 369 g/mol. The van der Waals surface area contributed by atoms with Crippen LogP contribution in [0, 0.1) is 0 Å². The number of aryl methyl sites for hydroxylation is 1. The maximum absolute atomic E-state index is 10.7. The molecule has 2 atom stereocenters. The van der Waals surface area contributed by atoms with Crippen LogP contribution in [-0.4, -0.2) is 11.2 Å². The summed E-state index contributed by atoms with van der Waals surface area (Å²) in [4.78, 5) is 0. The van der Waals surface area contributed by atoms with E-state index in [-0.39, 0.29) is 12.0 Å². The van der Waals surface area contributed by atoms with Crippen molar-refractivity contribution in [1.82, 2.24) is 0 Å². The average Bonchev–Trinajstić information content (AvgIpc) is 3.01. The Balaban J connectivity index is 1.87. The zero-order chi connectivity index (χ0) is 15.8. The smallest absolute Gasteiger partial charge is 0.138 e. The summed E-state index contributed by atoms with van der Waals surface area (Å²) in [6.45, 7) is 0. The molecule has 1 N–H and O–H groups in total. The molecule has 23 heavy (non-hydrogen) atoms. The molecule has 2 aromatic carbocycles. The lowest BCUT2D eigenvalue weighted by molar-refractivity contribution is 0.140. The Morgan fingerprint density at radius 1 is 1.00 bits per heavy atom. The standard InChI is InChI=1S/C20H17BrO2/c21-16-9-6-13(7-10-16)18-17(22)11-8-15-12-23-20(19(15)18)14-4-2-1-3-5-14/h1-7,9-10,12,17-18,22H,8,11H2/t17-,18-/m0/s1. The summed E-state index contributed by atoms with van der Waals surface area (Å²) in [6, 6.07) is 18.3. The van der Waals surface area contributed by atoms with Crippen molar-refractivity contribution in [3.8, 4) is 11.3 Å². The van der Waals surface area contributed by atoms with Gasteiger partial charge in [-0.05, 0) is 36.1 Å². The van der Waals surface area contributed by atoms with Crippen LogP contribution in [0.2, 0.25) is 0 Å². The normalized spacial score (nSPS) is 20.3. The first-order valence-electron chi connectivity index (χ1n) is 7.83. The molecule has 0 fully saturated rings. The molecule has 2 nitrogen and oxygen atoms in total. The second-order valence-electron chi connectivity index (χ2n) is 6.01. The summed E-state index contributed by atoms with van der Waals surface area (Å²) in [7, 11) is 0. The summed E-state index contributed by atoms with van der Waals surface area (Å²) in [6.07, 6.45) is 3.10. The number of fused-ring (bicyclic) bond motifs is 1. The van der Waals surface area contributed by atoms with E-state index in [4.69, 9.17) is 4.42 Å². The SMILES string of the molecule is O[C@H]1CCc2coc(-c3ccccc3)c2[C@H]1c1ccc(Br)cc1. The highest BCUT2D eigenvalue weighted by molar-refractivity contribution is 9.10. The molecule has 0 bridgehead atoms. The van der Waals surface area contributed by atoms with E-state index in [1.165, 1.54) is 5.56 Å². The first-order valence-corrected chi connectivity index (χ1v) is 8.62. The highest BCUT2D eigenvalue weighted by atomic mass is 79.9. The van der Waals surface area contributed by atoms with E-state index in [2.05, 4.69) is 40.2 Å². The topological polar surface area (TPSA) is 33.4 Å². The third-order valence-electron chi connectivity index (χ3n) is 4.58. The molecule has 0 unspecified atom stereocenters. The fourth-order valence-electron chi connectivity index (χ4n) is 3.47. The van der Waals surface area contributed by atoms with Crippen LogP contribution in [0.5, 0.6) is 0 Å². The molecular weight excluding hydrogens is 352 g/mol. The number of hydrogen-bond acceptors (Lipinski definition) is 2. The number of furan rings is 1. The van der Waals surface area contributed by atoms with Crippen molar-refractivity contribution in [3.05, 3.63) is 82.0 Å². The van der Waals surface area contributed by atoms with E-state index >= 15 is 0 Å². The Kier molecular flexibility index (Phi) is 3.83. The molecule has 0 aliphatic heterocycles. The van der Waals surface area contributed by atoms with Gasteiger partial charge in [-0.15, -0.1) is 0 Å². The first-order chi connectivity index (χ1) is 11.2. The van der Waals surface area contributed by atoms with Gasteiger partial charge in [-0.25, -0.2) is 0 Å². The summed E-state index contributed by atoms with van der Waals surface area (Å²) >= 11 is 3.48. The Bertz CT molecular complexity index is 805. The molecule has 3 heteroatoms. The van der Waals surface area contributed by atoms with Crippen molar-refractivity contribution >= 4 is 15.9 Å². The highest BCUT2D eigenvalue weighted by Gasteiger charge is 2.34. The zero-order valence-corrected chi connectivity index (χ0v) is 14.2. The lowest BCUT2D eigenvalue weighted by Gasteiger charge is -2.29. The second-order valence-corrected chi connectivity index (χ2v) is 6.92. The van der Waals surface area contributed by atoms with Crippen molar-refractivity contribution in [2.45, 2.75) is 24.9 Å². The van der Waals surface area contributed by atoms with Gasteiger partial charge in [-0.3, -0.25) is 0 Å². The van der Waals surface area contributed by atoms with Gasteiger partial charge in [0.05, 0.1) is 12.4 Å². The van der Waals surface area contributed by atoms with Crippen LogP contribution in [-0.2, 0) is 6.42 Å².